The predicted octanol–water partition coefficient (Wildman–Crippen LogP) is 3.12. The van der Waals surface area contributed by atoms with Crippen LogP contribution in [0.15, 0.2) is 42.5 Å². The standard InChI is InChI=1S/C18H18N2O5/c21-20(22)19-12-25-16-7-6-15(14-4-2-1-3-5-14)18(17(16)19)24-11-13-8-9-23-10-13/h1-7,13H,8-12H2. The molecule has 2 aliphatic heterocycles. The number of anilines is 1. The van der Waals surface area contributed by atoms with Crippen LogP contribution in [0.5, 0.6) is 11.5 Å². The van der Waals surface area contributed by atoms with Crippen molar-refractivity contribution in [3.63, 3.8) is 0 Å². The molecule has 0 aliphatic carbocycles. The Morgan fingerprint density at radius 2 is 2.08 bits per heavy atom. The normalized spacial score (nSPS) is 18.7. The summed E-state index contributed by atoms with van der Waals surface area (Å²) in [7, 11) is 0. The fourth-order valence-electron chi connectivity index (χ4n) is 3.15. The maximum atomic E-state index is 11.4. The number of hydrogen-bond donors (Lipinski definition) is 0. The molecule has 1 fully saturated rings. The number of fused-ring (bicyclic) bond motifs is 1. The molecule has 7 nitrogen and oxygen atoms in total. The molecule has 0 amide bonds. The molecule has 0 bridgehead atoms. The first-order chi connectivity index (χ1) is 12.2. The second kappa shape index (κ2) is 6.60. The topological polar surface area (TPSA) is 74.1 Å². The van der Waals surface area contributed by atoms with Crippen molar-refractivity contribution in [2.75, 3.05) is 31.6 Å². The van der Waals surface area contributed by atoms with Crippen molar-refractivity contribution in [1.29, 1.82) is 0 Å². The molecule has 1 unspecified atom stereocenters. The maximum Gasteiger partial charge on any atom is 0.223 e. The number of nitro groups is 1. The van der Waals surface area contributed by atoms with Crippen LogP contribution in [0.3, 0.4) is 0 Å². The molecule has 0 radical (unpaired) electrons. The largest absolute Gasteiger partial charge is 0.490 e. The Morgan fingerprint density at radius 1 is 1.24 bits per heavy atom. The zero-order valence-corrected chi connectivity index (χ0v) is 13.6. The van der Waals surface area contributed by atoms with Crippen molar-refractivity contribution >= 4 is 5.69 Å². The van der Waals surface area contributed by atoms with E-state index in [0.717, 1.165) is 29.2 Å². The van der Waals surface area contributed by atoms with Crippen LogP contribution in [0.25, 0.3) is 11.1 Å². The molecule has 0 saturated carbocycles. The summed E-state index contributed by atoms with van der Waals surface area (Å²) in [5.74, 6) is 1.25. The summed E-state index contributed by atoms with van der Waals surface area (Å²) in [5.41, 5.74) is 2.14. The first kappa shape index (κ1) is 15.7. The summed E-state index contributed by atoms with van der Waals surface area (Å²) >= 11 is 0. The Morgan fingerprint density at radius 3 is 2.80 bits per heavy atom. The highest BCUT2D eigenvalue weighted by molar-refractivity contribution is 5.83. The Hall–Kier alpha value is -2.80. The summed E-state index contributed by atoms with van der Waals surface area (Å²) in [6.07, 6.45) is 0.936. The van der Waals surface area contributed by atoms with E-state index < -0.39 is 5.03 Å². The fraction of sp³-hybridized carbons (Fsp3) is 0.333. The average Bonchev–Trinajstić information content (AvgIpc) is 3.30. The number of benzene rings is 2. The molecular weight excluding hydrogens is 324 g/mol. The van der Waals surface area contributed by atoms with Crippen molar-refractivity contribution < 1.29 is 19.2 Å². The molecule has 2 heterocycles. The van der Waals surface area contributed by atoms with E-state index in [1.165, 1.54) is 0 Å². The minimum atomic E-state index is -0.466. The lowest BCUT2D eigenvalue weighted by Crippen LogP contribution is -2.29. The van der Waals surface area contributed by atoms with Gasteiger partial charge in [0, 0.05) is 18.1 Å². The van der Waals surface area contributed by atoms with Gasteiger partial charge in [-0.15, -0.1) is 0 Å². The number of nitrogens with zero attached hydrogens (tertiary/aromatic N) is 2. The van der Waals surface area contributed by atoms with Crippen LogP contribution in [0.2, 0.25) is 0 Å². The van der Waals surface area contributed by atoms with Gasteiger partial charge in [-0.3, -0.25) is 0 Å². The van der Waals surface area contributed by atoms with Gasteiger partial charge in [-0.2, -0.15) is 0 Å². The van der Waals surface area contributed by atoms with Crippen LogP contribution < -0.4 is 14.5 Å². The number of hydrogen-bond acceptors (Lipinski definition) is 5. The Bertz CT molecular complexity index is 775. The average molecular weight is 342 g/mol. The second-order valence-corrected chi connectivity index (χ2v) is 6.11. The summed E-state index contributed by atoms with van der Waals surface area (Å²) < 4.78 is 16.9. The molecule has 2 aliphatic rings. The minimum Gasteiger partial charge on any atom is -0.490 e. The number of hydrazine groups is 1. The van der Waals surface area contributed by atoms with E-state index in [1.54, 1.807) is 6.07 Å². The highest BCUT2D eigenvalue weighted by atomic mass is 16.7. The summed E-state index contributed by atoms with van der Waals surface area (Å²) in [5, 5.41) is 11.9. The molecule has 0 N–H and O–H groups in total. The van der Waals surface area contributed by atoms with Gasteiger partial charge in [0.25, 0.3) is 0 Å². The summed E-state index contributed by atoms with van der Waals surface area (Å²) in [6, 6.07) is 13.3. The van der Waals surface area contributed by atoms with Crippen molar-refractivity contribution in [3.05, 3.63) is 52.6 Å². The molecule has 0 spiro atoms. The Balaban J connectivity index is 1.76. The molecule has 130 valence electrons. The van der Waals surface area contributed by atoms with E-state index in [-0.39, 0.29) is 6.73 Å². The summed E-state index contributed by atoms with van der Waals surface area (Å²) in [4.78, 5) is 11.4. The van der Waals surface area contributed by atoms with E-state index >= 15 is 0 Å². The predicted molar refractivity (Wildman–Crippen MR) is 91.3 cm³/mol. The third-order valence-corrected chi connectivity index (χ3v) is 4.46. The van der Waals surface area contributed by atoms with E-state index in [9.17, 15) is 10.1 Å². The van der Waals surface area contributed by atoms with Gasteiger partial charge in [-0.05, 0) is 24.1 Å². The Labute approximate surface area is 144 Å². The minimum absolute atomic E-state index is 0.122. The van der Waals surface area contributed by atoms with E-state index in [0.29, 0.717) is 36.3 Å². The van der Waals surface area contributed by atoms with Crippen molar-refractivity contribution in [3.8, 4) is 22.6 Å². The Kier molecular flexibility index (Phi) is 4.15. The smallest absolute Gasteiger partial charge is 0.223 e. The third kappa shape index (κ3) is 2.98. The van der Waals surface area contributed by atoms with Crippen LogP contribution in [0, 0.1) is 16.0 Å². The van der Waals surface area contributed by atoms with E-state index in [2.05, 4.69) is 0 Å². The lowest BCUT2D eigenvalue weighted by Gasteiger charge is -2.17. The van der Waals surface area contributed by atoms with Gasteiger partial charge in [-0.1, -0.05) is 35.3 Å². The van der Waals surface area contributed by atoms with Crippen LogP contribution in [-0.4, -0.2) is 31.6 Å². The van der Waals surface area contributed by atoms with Gasteiger partial charge >= 0.3 is 0 Å². The zero-order chi connectivity index (χ0) is 17.2. The molecule has 1 saturated heterocycles. The first-order valence-electron chi connectivity index (χ1n) is 8.21. The van der Waals surface area contributed by atoms with Crippen LogP contribution in [0.4, 0.5) is 5.69 Å². The van der Waals surface area contributed by atoms with Crippen LogP contribution in [-0.2, 0) is 4.74 Å². The number of rotatable bonds is 5. The molecule has 4 rings (SSSR count). The van der Waals surface area contributed by atoms with E-state index in [4.69, 9.17) is 14.2 Å². The molecule has 0 aromatic heterocycles. The number of ether oxygens (including phenoxy) is 3. The highest BCUT2D eigenvalue weighted by Gasteiger charge is 2.35. The van der Waals surface area contributed by atoms with Gasteiger partial charge in [0.05, 0.1) is 13.2 Å². The van der Waals surface area contributed by atoms with Crippen molar-refractivity contribution in [2.24, 2.45) is 5.92 Å². The third-order valence-electron chi connectivity index (χ3n) is 4.46. The SMILES string of the molecule is O=[N+]([O-])N1COc2ccc(-c3ccccc3)c(OCC3CCOC3)c21. The lowest BCUT2D eigenvalue weighted by atomic mass is 10.0. The molecule has 1 atom stereocenters. The van der Waals surface area contributed by atoms with Gasteiger partial charge in [0.1, 0.15) is 0 Å². The monoisotopic (exact) mass is 342 g/mol. The van der Waals surface area contributed by atoms with Crippen molar-refractivity contribution in [2.45, 2.75) is 6.42 Å². The quantitative estimate of drug-likeness (QED) is 0.614. The molecule has 25 heavy (non-hydrogen) atoms. The first-order valence-corrected chi connectivity index (χ1v) is 8.21. The van der Waals surface area contributed by atoms with Gasteiger partial charge in [-0.25, -0.2) is 10.1 Å². The highest BCUT2D eigenvalue weighted by Crippen LogP contribution is 2.47. The zero-order valence-electron chi connectivity index (χ0n) is 13.6. The second-order valence-electron chi connectivity index (χ2n) is 6.11. The van der Waals surface area contributed by atoms with Gasteiger partial charge in [0.2, 0.25) is 6.73 Å². The van der Waals surface area contributed by atoms with Crippen molar-refractivity contribution in [1.82, 2.24) is 0 Å². The van der Waals surface area contributed by atoms with Gasteiger partial charge < -0.3 is 14.2 Å². The lowest BCUT2D eigenvalue weighted by molar-refractivity contribution is -0.496. The maximum absolute atomic E-state index is 11.4. The fourth-order valence-corrected chi connectivity index (χ4v) is 3.15. The molecule has 2 aromatic carbocycles. The molecule has 7 heteroatoms. The summed E-state index contributed by atoms with van der Waals surface area (Å²) in [6.45, 7) is 1.73. The van der Waals surface area contributed by atoms with Crippen LogP contribution in [0.1, 0.15) is 6.42 Å². The van der Waals surface area contributed by atoms with Crippen LogP contribution >= 0.6 is 0 Å². The van der Waals surface area contributed by atoms with Gasteiger partial charge in [0.15, 0.2) is 22.2 Å². The molecular formula is C18H18N2O5. The molecule has 2 aromatic rings. The van der Waals surface area contributed by atoms with E-state index in [1.807, 2.05) is 36.4 Å².